The molecule has 148 valence electrons. The van der Waals surface area contributed by atoms with Crippen LogP contribution in [0.1, 0.15) is 17.5 Å². The van der Waals surface area contributed by atoms with Crippen LogP contribution in [0.25, 0.3) is 0 Å². The third-order valence-electron chi connectivity index (χ3n) is 4.24. The SMILES string of the molecule is COC#CCOc1ccc(CCNC(=O)C(CCc2ccccc2)OC)cc1. The van der Waals surface area contributed by atoms with Crippen LogP contribution in [0.15, 0.2) is 54.6 Å². The van der Waals surface area contributed by atoms with Gasteiger partial charge in [-0.05, 0) is 48.4 Å². The molecule has 0 bridgehead atoms. The maximum Gasteiger partial charge on any atom is 0.249 e. The summed E-state index contributed by atoms with van der Waals surface area (Å²) in [6.07, 6.45) is 4.24. The minimum Gasteiger partial charge on any atom is -0.481 e. The van der Waals surface area contributed by atoms with Gasteiger partial charge in [-0.15, -0.1) is 0 Å². The van der Waals surface area contributed by atoms with E-state index in [-0.39, 0.29) is 12.5 Å². The first-order chi connectivity index (χ1) is 13.7. The van der Waals surface area contributed by atoms with Crippen LogP contribution in [0.5, 0.6) is 5.75 Å². The van der Waals surface area contributed by atoms with Gasteiger partial charge in [-0.25, -0.2) is 0 Å². The highest BCUT2D eigenvalue weighted by Crippen LogP contribution is 2.12. The normalized spacial score (nSPS) is 11.1. The van der Waals surface area contributed by atoms with E-state index in [1.54, 1.807) is 7.11 Å². The summed E-state index contributed by atoms with van der Waals surface area (Å²) in [4.78, 5) is 12.3. The molecule has 0 aliphatic heterocycles. The number of ether oxygens (including phenoxy) is 3. The highest BCUT2D eigenvalue weighted by Gasteiger charge is 2.17. The zero-order chi connectivity index (χ0) is 20.0. The zero-order valence-corrected chi connectivity index (χ0v) is 16.4. The molecular formula is C23H27NO4. The number of hydrogen-bond donors (Lipinski definition) is 1. The molecule has 5 nitrogen and oxygen atoms in total. The van der Waals surface area contributed by atoms with Crippen molar-refractivity contribution >= 4 is 5.91 Å². The fraction of sp³-hybridized carbons (Fsp3) is 0.348. The van der Waals surface area contributed by atoms with Crippen molar-refractivity contribution < 1.29 is 19.0 Å². The lowest BCUT2D eigenvalue weighted by Crippen LogP contribution is -2.37. The fourth-order valence-corrected chi connectivity index (χ4v) is 2.72. The lowest BCUT2D eigenvalue weighted by molar-refractivity contribution is -0.131. The number of carbonyl (C=O) groups excluding carboxylic acids is 1. The standard InChI is InChI=1S/C23H27NO4/c1-26-17-6-18-28-21-12-9-20(10-13-21)15-16-24-23(25)22(27-2)14-11-19-7-4-3-5-8-19/h3-5,7-10,12-13,22H,11,14-16,18H2,1-2H3,(H,24,25). The quantitative estimate of drug-likeness (QED) is 0.643. The molecule has 0 aromatic heterocycles. The molecule has 5 heteroatoms. The Morgan fingerprint density at radius 3 is 2.39 bits per heavy atom. The molecule has 0 saturated carbocycles. The first-order valence-electron chi connectivity index (χ1n) is 9.30. The van der Waals surface area contributed by atoms with Crippen LogP contribution in [-0.2, 0) is 27.1 Å². The molecule has 2 rings (SSSR count). The minimum absolute atomic E-state index is 0.0740. The van der Waals surface area contributed by atoms with Crippen LogP contribution >= 0.6 is 0 Å². The molecule has 0 aliphatic carbocycles. The highest BCUT2D eigenvalue weighted by molar-refractivity contribution is 5.80. The molecule has 0 fully saturated rings. The maximum atomic E-state index is 12.3. The van der Waals surface area contributed by atoms with Gasteiger partial charge in [0.2, 0.25) is 5.91 Å². The minimum atomic E-state index is -0.441. The summed E-state index contributed by atoms with van der Waals surface area (Å²) in [6, 6.07) is 17.8. The number of amides is 1. The van der Waals surface area contributed by atoms with E-state index < -0.39 is 6.10 Å². The number of carbonyl (C=O) groups is 1. The maximum absolute atomic E-state index is 12.3. The van der Waals surface area contributed by atoms with E-state index in [0.717, 1.165) is 24.2 Å². The number of aryl methyl sites for hydroxylation is 1. The number of nitrogens with one attached hydrogen (secondary N) is 1. The van der Waals surface area contributed by atoms with Gasteiger partial charge >= 0.3 is 0 Å². The van der Waals surface area contributed by atoms with Gasteiger partial charge in [-0.3, -0.25) is 4.79 Å². The Bertz CT molecular complexity index is 763. The van der Waals surface area contributed by atoms with Gasteiger partial charge in [0, 0.05) is 13.7 Å². The van der Waals surface area contributed by atoms with Crippen molar-refractivity contribution in [2.45, 2.75) is 25.4 Å². The summed E-state index contributed by atoms with van der Waals surface area (Å²) in [7, 11) is 3.09. The van der Waals surface area contributed by atoms with Gasteiger partial charge in [0.15, 0.2) is 6.61 Å². The van der Waals surface area contributed by atoms with E-state index in [1.807, 2.05) is 42.5 Å². The number of benzene rings is 2. The van der Waals surface area contributed by atoms with Crippen molar-refractivity contribution in [2.75, 3.05) is 27.4 Å². The summed E-state index contributed by atoms with van der Waals surface area (Å²) in [5, 5.41) is 2.95. The second-order valence-electron chi connectivity index (χ2n) is 6.21. The predicted octanol–water partition coefficient (Wildman–Crippen LogP) is 2.98. The van der Waals surface area contributed by atoms with Crippen LogP contribution in [0.4, 0.5) is 0 Å². The van der Waals surface area contributed by atoms with E-state index in [1.165, 1.54) is 12.7 Å². The van der Waals surface area contributed by atoms with Gasteiger partial charge in [0.05, 0.1) is 7.11 Å². The summed E-state index contributed by atoms with van der Waals surface area (Å²) in [5.41, 5.74) is 2.32. The van der Waals surface area contributed by atoms with Crippen molar-refractivity contribution in [3.8, 4) is 17.8 Å². The van der Waals surface area contributed by atoms with Crippen LogP contribution in [0, 0.1) is 12.0 Å². The molecule has 0 spiro atoms. The molecule has 0 aliphatic rings. The summed E-state index contributed by atoms with van der Waals surface area (Å²) in [5.74, 6) is 3.40. The molecular weight excluding hydrogens is 354 g/mol. The molecule has 2 aromatic rings. The Hall–Kier alpha value is -2.97. The molecule has 28 heavy (non-hydrogen) atoms. The van der Waals surface area contributed by atoms with Gasteiger partial charge in [0.25, 0.3) is 0 Å². The van der Waals surface area contributed by atoms with E-state index in [4.69, 9.17) is 9.47 Å². The van der Waals surface area contributed by atoms with Crippen LogP contribution in [-0.4, -0.2) is 39.4 Å². The average molecular weight is 381 g/mol. The molecule has 2 aromatic carbocycles. The van der Waals surface area contributed by atoms with Crippen molar-refractivity contribution in [3.63, 3.8) is 0 Å². The van der Waals surface area contributed by atoms with Crippen molar-refractivity contribution in [1.82, 2.24) is 5.32 Å². The molecule has 1 N–H and O–H groups in total. The van der Waals surface area contributed by atoms with E-state index in [2.05, 4.69) is 34.2 Å². The lowest BCUT2D eigenvalue weighted by atomic mass is 10.1. The fourth-order valence-electron chi connectivity index (χ4n) is 2.72. The summed E-state index contributed by atoms with van der Waals surface area (Å²) >= 11 is 0. The first-order valence-corrected chi connectivity index (χ1v) is 9.30. The van der Waals surface area contributed by atoms with E-state index in [9.17, 15) is 4.79 Å². The van der Waals surface area contributed by atoms with Crippen LogP contribution in [0.3, 0.4) is 0 Å². The topological polar surface area (TPSA) is 56.8 Å². The Kier molecular flexibility index (Phi) is 9.46. The zero-order valence-electron chi connectivity index (χ0n) is 16.4. The van der Waals surface area contributed by atoms with Gasteiger partial charge < -0.3 is 19.5 Å². The van der Waals surface area contributed by atoms with Gasteiger partial charge in [-0.1, -0.05) is 42.5 Å². The molecule has 0 heterocycles. The largest absolute Gasteiger partial charge is 0.481 e. The average Bonchev–Trinajstić information content (AvgIpc) is 2.73. The van der Waals surface area contributed by atoms with E-state index >= 15 is 0 Å². The second-order valence-corrected chi connectivity index (χ2v) is 6.21. The van der Waals surface area contributed by atoms with Crippen LogP contribution < -0.4 is 10.1 Å². The Morgan fingerprint density at radius 1 is 1.00 bits per heavy atom. The second kappa shape index (κ2) is 12.4. The number of hydrogen-bond acceptors (Lipinski definition) is 4. The highest BCUT2D eigenvalue weighted by atomic mass is 16.5. The Balaban J connectivity index is 1.71. The Labute approximate surface area is 167 Å². The van der Waals surface area contributed by atoms with E-state index in [0.29, 0.717) is 13.0 Å². The van der Waals surface area contributed by atoms with Crippen molar-refractivity contribution in [3.05, 3.63) is 65.7 Å². The first kappa shape index (κ1) is 21.3. The number of methoxy groups -OCH3 is 2. The molecule has 1 atom stereocenters. The molecule has 1 amide bonds. The van der Waals surface area contributed by atoms with Crippen LogP contribution in [0.2, 0.25) is 0 Å². The van der Waals surface area contributed by atoms with Crippen molar-refractivity contribution in [1.29, 1.82) is 0 Å². The molecule has 0 saturated heterocycles. The van der Waals surface area contributed by atoms with Gasteiger partial charge in [0.1, 0.15) is 18.0 Å². The molecule has 1 unspecified atom stereocenters. The Morgan fingerprint density at radius 2 is 1.71 bits per heavy atom. The molecule has 0 radical (unpaired) electrons. The smallest absolute Gasteiger partial charge is 0.249 e. The third kappa shape index (κ3) is 7.73. The lowest BCUT2D eigenvalue weighted by Gasteiger charge is -2.15. The third-order valence-corrected chi connectivity index (χ3v) is 4.24. The van der Waals surface area contributed by atoms with Crippen molar-refractivity contribution in [2.24, 2.45) is 0 Å². The monoisotopic (exact) mass is 381 g/mol. The van der Waals surface area contributed by atoms with Gasteiger partial charge in [-0.2, -0.15) is 0 Å². The predicted molar refractivity (Wildman–Crippen MR) is 109 cm³/mol. The summed E-state index contributed by atoms with van der Waals surface area (Å²) in [6.45, 7) is 0.841. The number of rotatable bonds is 10. The summed E-state index contributed by atoms with van der Waals surface area (Å²) < 4.78 is 15.5.